The Labute approximate surface area is 118 Å². The summed E-state index contributed by atoms with van der Waals surface area (Å²) in [6, 6.07) is 0. The fourth-order valence-corrected chi connectivity index (χ4v) is 2.16. The molecule has 0 aromatic heterocycles. The Kier molecular flexibility index (Phi) is 9.54. The number of carbonyl (C=O) groups excluding carboxylic acids is 2. The first-order chi connectivity index (χ1) is 8.81. The van der Waals surface area contributed by atoms with Crippen LogP contribution in [-0.4, -0.2) is 18.4 Å². The van der Waals surface area contributed by atoms with Gasteiger partial charge in [0.2, 0.25) is 0 Å². The molecule has 0 bridgehead atoms. The lowest BCUT2D eigenvalue weighted by Gasteiger charge is -2.14. The number of carbonyl (C=O) groups is 2. The monoisotopic (exact) mass is 270 g/mol. The standard InChI is InChI=1S/C16H30O3/c1-12(2)7-6-8-13(3)9-16(18)10-14(4)11-19-15(5)17/h12-14H,6-11H2,1-5H3/t13-,14-/m0/s1. The molecule has 0 fully saturated rings. The van der Waals surface area contributed by atoms with Crippen molar-refractivity contribution in [1.29, 1.82) is 0 Å². The maximum Gasteiger partial charge on any atom is 0.302 e. The number of ketones is 1. The van der Waals surface area contributed by atoms with Gasteiger partial charge in [0.15, 0.2) is 0 Å². The third kappa shape index (κ3) is 11.9. The molecule has 112 valence electrons. The lowest BCUT2D eigenvalue weighted by atomic mass is 9.93. The van der Waals surface area contributed by atoms with Gasteiger partial charge in [-0.2, -0.15) is 0 Å². The van der Waals surface area contributed by atoms with Crippen molar-refractivity contribution in [3.63, 3.8) is 0 Å². The molecule has 0 aromatic carbocycles. The minimum atomic E-state index is -0.277. The molecule has 2 atom stereocenters. The van der Waals surface area contributed by atoms with Crippen molar-refractivity contribution in [2.24, 2.45) is 17.8 Å². The molecular weight excluding hydrogens is 240 g/mol. The first-order valence-corrected chi connectivity index (χ1v) is 7.46. The van der Waals surface area contributed by atoms with E-state index in [2.05, 4.69) is 20.8 Å². The molecule has 0 aliphatic rings. The van der Waals surface area contributed by atoms with Crippen LogP contribution in [0.5, 0.6) is 0 Å². The van der Waals surface area contributed by atoms with Crippen LogP contribution in [0.4, 0.5) is 0 Å². The molecule has 0 radical (unpaired) electrons. The van der Waals surface area contributed by atoms with Crippen molar-refractivity contribution in [2.75, 3.05) is 6.61 Å². The van der Waals surface area contributed by atoms with Gasteiger partial charge in [-0.25, -0.2) is 0 Å². The highest BCUT2D eigenvalue weighted by Gasteiger charge is 2.14. The second-order valence-corrected chi connectivity index (χ2v) is 6.28. The van der Waals surface area contributed by atoms with E-state index in [4.69, 9.17) is 4.74 Å². The zero-order valence-corrected chi connectivity index (χ0v) is 13.2. The predicted octanol–water partition coefficient (Wildman–Crippen LogP) is 4.00. The second-order valence-electron chi connectivity index (χ2n) is 6.28. The van der Waals surface area contributed by atoms with Gasteiger partial charge in [-0.15, -0.1) is 0 Å². The van der Waals surface area contributed by atoms with Crippen molar-refractivity contribution < 1.29 is 14.3 Å². The largest absolute Gasteiger partial charge is 0.466 e. The third-order valence-electron chi connectivity index (χ3n) is 3.20. The maximum atomic E-state index is 11.9. The summed E-state index contributed by atoms with van der Waals surface area (Å²) < 4.78 is 4.91. The molecule has 0 aromatic rings. The Morgan fingerprint density at radius 2 is 1.53 bits per heavy atom. The van der Waals surface area contributed by atoms with Gasteiger partial charge in [0.25, 0.3) is 0 Å². The van der Waals surface area contributed by atoms with Crippen molar-refractivity contribution in [3.8, 4) is 0 Å². The minimum Gasteiger partial charge on any atom is -0.466 e. The SMILES string of the molecule is CC(=O)OC[C@@H](C)CC(=O)C[C@@H](C)CCCC(C)C. The van der Waals surface area contributed by atoms with E-state index in [0.29, 0.717) is 25.4 Å². The van der Waals surface area contributed by atoms with Crippen molar-refractivity contribution >= 4 is 11.8 Å². The zero-order valence-electron chi connectivity index (χ0n) is 13.2. The van der Waals surface area contributed by atoms with Crippen LogP contribution in [0.3, 0.4) is 0 Å². The molecule has 0 amide bonds. The molecule has 3 heteroatoms. The molecule has 0 spiro atoms. The molecule has 0 saturated carbocycles. The molecule has 3 nitrogen and oxygen atoms in total. The average molecular weight is 270 g/mol. The first kappa shape index (κ1) is 18.1. The van der Waals surface area contributed by atoms with E-state index in [1.807, 2.05) is 6.92 Å². The van der Waals surface area contributed by atoms with Crippen molar-refractivity contribution in [3.05, 3.63) is 0 Å². The van der Waals surface area contributed by atoms with E-state index < -0.39 is 0 Å². The Balaban J connectivity index is 3.74. The predicted molar refractivity (Wildman–Crippen MR) is 77.9 cm³/mol. The van der Waals surface area contributed by atoms with Gasteiger partial charge < -0.3 is 4.74 Å². The Morgan fingerprint density at radius 1 is 0.947 bits per heavy atom. The smallest absolute Gasteiger partial charge is 0.302 e. The molecule has 0 aliphatic carbocycles. The van der Waals surface area contributed by atoms with Gasteiger partial charge >= 0.3 is 5.97 Å². The number of rotatable bonds is 10. The molecule has 0 aliphatic heterocycles. The number of esters is 1. The van der Waals surface area contributed by atoms with Gasteiger partial charge in [0.1, 0.15) is 5.78 Å². The molecule has 0 N–H and O–H groups in total. The van der Waals surface area contributed by atoms with Crippen LogP contribution >= 0.6 is 0 Å². The quantitative estimate of drug-likeness (QED) is 0.564. The van der Waals surface area contributed by atoms with E-state index >= 15 is 0 Å². The topological polar surface area (TPSA) is 43.4 Å². The van der Waals surface area contributed by atoms with Crippen LogP contribution < -0.4 is 0 Å². The van der Waals surface area contributed by atoms with Crippen LogP contribution in [0.2, 0.25) is 0 Å². The van der Waals surface area contributed by atoms with E-state index in [9.17, 15) is 9.59 Å². The summed E-state index contributed by atoms with van der Waals surface area (Å²) in [6.07, 6.45) is 4.74. The van der Waals surface area contributed by atoms with Crippen LogP contribution in [0.25, 0.3) is 0 Å². The van der Waals surface area contributed by atoms with E-state index in [1.165, 1.54) is 19.8 Å². The number of ether oxygens (including phenoxy) is 1. The summed E-state index contributed by atoms with van der Waals surface area (Å²) in [7, 11) is 0. The Morgan fingerprint density at radius 3 is 2.05 bits per heavy atom. The summed E-state index contributed by atoms with van der Waals surface area (Å²) in [5.41, 5.74) is 0. The summed E-state index contributed by atoms with van der Waals surface area (Å²) >= 11 is 0. The molecular formula is C16H30O3. The molecule has 0 heterocycles. The number of hydrogen-bond donors (Lipinski definition) is 0. The lowest BCUT2D eigenvalue weighted by molar-refractivity contribution is -0.142. The van der Waals surface area contributed by atoms with Gasteiger partial charge in [-0.1, -0.05) is 47.0 Å². The van der Waals surface area contributed by atoms with Gasteiger partial charge in [-0.3, -0.25) is 9.59 Å². The summed E-state index contributed by atoms with van der Waals surface area (Å²) in [6.45, 7) is 10.3. The lowest BCUT2D eigenvalue weighted by Crippen LogP contribution is -2.15. The first-order valence-electron chi connectivity index (χ1n) is 7.46. The summed E-state index contributed by atoms with van der Waals surface area (Å²) in [4.78, 5) is 22.5. The molecule has 0 rings (SSSR count). The maximum absolute atomic E-state index is 11.9. The van der Waals surface area contributed by atoms with Crippen LogP contribution in [-0.2, 0) is 14.3 Å². The highest BCUT2D eigenvalue weighted by atomic mass is 16.5. The highest BCUT2D eigenvalue weighted by Crippen LogP contribution is 2.17. The molecule has 0 unspecified atom stereocenters. The summed E-state index contributed by atoms with van der Waals surface area (Å²) in [5, 5.41) is 0. The minimum absolute atomic E-state index is 0.124. The van der Waals surface area contributed by atoms with E-state index in [0.717, 1.165) is 12.3 Å². The second kappa shape index (κ2) is 9.99. The van der Waals surface area contributed by atoms with E-state index in [-0.39, 0.29) is 17.7 Å². The number of Topliss-reactive ketones (excluding diaryl/α,β-unsaturated/α-hetero) is 1. The van der Waals surface area contributed by atoms with Crippen LogP contribution in [0, 0.1) is 17.8 Å². The fraction of sp³-hybridized carbons (Fsp3) is 0.875. The summed E-state index contributed by atoms with van der Waals surface area (Å²) in [5.74, 6) is 1.34. The highest BCUT2D eigenvalue weighted by molar-refractivity contribution is 5.78. The third-order valence-corrected chi connectivity index (χ3v) is 3.20. The fourth-order valence-electron chi connectivity index (χ4n) is 2.16. The zero-order chi connectivity index (χ0) is 14.8. The van der Waals surface area contributed by atoms with Crippen LogP contribution in [0.1, 0.15) is 66.7 Å². The van der Waals surface area contributed by atoms with Crippen molar-refractivity contribution in [2.45, 2.75) is 66.7 Å². The normalized spacial score (nSPS) is 14.2. The molecule has 19 heavy (non-hydrogen) atoms. The Hall–Kier alpha value is -0.860. The van der Waals surface area contributed by atoms with Gasteiger partial charge in [0, 0.05) is 19.8 Å². The van der Waals surface area contributed by atoms with Crippen LogP contribution in [0.15, 0.2) is 0 Å². The van der Waals surface area contributed by atoms with E-state index in [1.54, 1.807) is 0 Å². The Bertz CT molecular complexity index is 271. The van der Waals surface area contributed by atoms with Crippen molar-refractivity contribution in [1.82, 2.24) is 0 Å². The number of hydrogen-bond acceptors (Lipinski definition) is 3. The molecule has 0 saturated heterocycles. The average Bonchev–Trinajstić information content (AvgIpc) is 2.25. The van der Waals surface area contributed by atoms with Gasteiger partial charge in [-0.05, 0) is 17.8 Å². The van der Waals surface area contributed by atoms with Gasteiger partial charge in [0.05, 0.1) is 6.61 Å².